The van der Waals surface area contributed by atoms with E-state index in [1.807, 2.05) is 31.2 Å². The van der Waals surface area contributed by atoms with Crippen molar-refractivity contribution in [2.75, 3.05) is 10.6 Å². The Labute approximate surface area is 144 Å². The molecule has 0 radical (unpaired) electrons. The van der Waals surface area contributed by atoms with E-state index in [4.69, 9.17) is 4.74 Å². The third-order valence-electron chi connectivity index (χ3n) is 4.29. The molecule has 6 nitrogen and oxygen atoms in total. The van der Waals surface area contributed by atoms with Gasteiger partial charge in [0.2, 0.25) is 0 Å². The van der Waals surface area contributed by atoms with Crippen molar-refractivity contribution in [3.05, 3.63) is 53.7 Å². The average molecular weight is 335 g/mol. The predicted molar refractivity (Wildman–Crippen MR) is 96.2 cm³/mol. The van der Waals surface area contributed by atoms with E-state index >= 15 is 0 Å². The van der Waals surface area contributed by atoms with Crippen LogP contribution in [0.5, 0.6) is 5.75 Å². The number of nitrogens with one attached hydrogen (secondary N) is 3. The number of rotatable bonds is 2. The van der Waals surface area contributed by atoms with Crippen LogP contribution in [0, 0.1) is 6.92 Å². The number of H-pyrrole nitrogens is 1. The van der Waals surface area contributed by atoms with Crippen LogP contribution in [-0.2, 0) is 4.79 Å². The van der Waals surface area contributed by atoms with Crippen LogP contribution >= 0.6 is 0 Å². The highest BCUT2D eigenvalue weighted by molar-refractivity contribution is 6.14. The highest BCUT2D eigenvalue weighted by Gasteiger charge is 2.24. The summed E-state index contributed by atoms with van der Waals surface area (Å²) in [5.41, 5.74) is 3.48. The Balaban J connectivity index is 1.64. The number of ether oxygens (including phenoxy) is 1. The van der Waals surface area contributed by atoms with Gasteiger partial charge in [-0.2, -0.15) is 0 Å². The third kappa shape index (κ3) is 2.61. The first-order valence-corrected chi connectivity index (χ1v) is 8.03. The minimum absolute atomic E-state index is 0.202. The topological polar surface area (TPSA) is 83.2 Å². The van der Waals surface area contributed by atoms with Crippen molar-refractivity contribution in [2.24, 2.45) is 0 Å². The summed E-state index contributed by atoms with van der Waals surface area (Å²) in [7, 11) is 0. The molecule has 0 spiro atoms. The lowest BCUT2D eigenvalue weighted by Crippen LogP contribution is -2.34. The van der Waals surface area contributed by atoms with Gasteiger partial charge in [0.15, 0.2) is 6.10 Å². The summed E-state index contributed by atoms with van der Waals surface area (Å²) in [6, 6.07) is 12.9. The molecule has 4 rings (SSSR count). The number of fused-ring (bicyclic) bond motifs is 2. The fourth-order valence-electron chi connectivity index (χ4n) is 3.05. The molecule has 2 aromatic carbocycles. The lowest BCUT2D eigenvalue weighted by Gasteiger charge is -2.23. The van der Waals surface area contributed by atoms with Gasteiger partial charge in [0.05, 0.1) is 11.3 Å². The van der Waals surface area contributed by atoms with Gasteiger partial charge in [0, 0.05) is 22.3 Å². The molecule has 1 unspecified atom stereocenters. The summed E-state index contributed by atoms with van der Waals surface area (Å²) in [5, 5.41) is 6.54. The van der Waals surface area contributed by atoms with Crippen molar-refractivity contribution in [3.63, 3.8) is 0 Å². The molecular formula is C19H17N3O3. The van der Waals surface area contributed by atoms with Gasteiger partial charge < -0.3 is 20.4 Å². The zero-order chi connectivity index (χ0) is 17.6. The maximum atomic E-state index is 12.7. The zero-order valence-electron chi connectivity index (χ0n) is 13.8. The first-order valence-electron chi connectivity index (χ1n) is 8.03. The maximum absolute atomic E-state index is 12.7. The second kappa shape index (κ2) is 5.66. The van der Waals surface area contributed by atoms with Gasteiger partial charge in [-0.15, -0.1) is 0 Å². The van der Waals surface area contributed by atoms with E-state index in [1.165, 1.54) is 0 Å². The van der Waals surface area contributed by atoms with E-state index in [1.54, 1.807) is 25.1 Å². The van der Waals surface area contributed by atoms with Crippen LogP contribution < -0.4 is 15.4 Å². The molecule has 1 aliphatic heterocycles. The largest absolute Gasteiger partial charge is 0.479 e. The Morgan fingerprint density at radius 3 is 2.84 bits per heavy atom. The van der Waals surface area contributed by atoms with E-state index in [-0.39, 0.29) is 11.8 Å². The summed E-state index contributed by atoms with van der Waals surface area (Å²) < 4.78 is 5.52. The second-order valence-corrected chi connectivity index (χ2v) is 6.08. The highest BCUT2D eigenvalue weighted by Crippen LogP contribution is 2.32. The van der Waals surface area contributed by atoms with Crippen molar-refractivity contribution in [2.45, 2.75) is 20.0 Å². The Morgan fingerprint density at radius 2 is 2.00 bits per heavy atom. The van der Waals surface area contributed by atoms with Crippen LogP contribution in [0.3, 0.4) is 0 Å². The van der Waals surface area contributed by atoms with Crippen molar-refractivity contribution in [1.82, 2.24) is 4.98 Å². The summed E-state index contributed by atoms with van der Waals surface area (Å²) in [4.78, 5) is 27.7. The molecule has 0 bridgehead atoms. The third-order valence-corrected chi connectivity index (χ3v) is 4.29. The lowest BCUT2D eigenvalue weighted by atomic mass is 10.1. The number of hydrogen-bond acceptors (Lipinski definition) is 3. The number of hydrogen-bond donors (Lipinski definition) is 3. The molecule has 126 valence electrons. The Hall–Kier alpha value is -3.28. The number of aromatic nitrogens is 1. The number of anilines is 2. The van der Waals surface area contributed by atoms with Crippen LogP contribution in [0.15, 0.2) is 42.5 Å². The predicted octanol–water partition coefficient (Wildman–Crippen LogP) is 3.45. The Bertz CT molecular complexity index is 1010. The van der Waals surface area contributed by atoms with Gasteiger partial charge in [-0.1, -0.05) is 18.2 Å². The smallest absolute Gasteiger partial charge is 0.265 e. The first kappa shape index (κ1) is 15.3. The highest BCUT2D eigenvalue weighted by atomic mass is 16.5. The zero-order valence-corrected chi connectivity index (χ0v) is 13.8. The molecule has 1 aliphatic rings. The van der Waals surface area contributed by atoms with Gasteiger partial charge in [-0.25, -0.2) is 0 Å². The van der Waals surface area contributed by atoms with E-state index in [0.717, 1.165) is 16.6 Å². The molecule has 25 heavy (non-hydrogen) atoms. The number of amides is 2. The molecule has 0 aliphatic carbocycles. The number of aromatic amines is 1. The summed E-state index contributed by atoms with van der Waals surface area (Å²) in [6.07, 6.45) is -0.526. The quantitative estimate of drug-likeness (QED) is 0.671. The molecule has 3 aromatic rings. The molecular weight excluding hydrogens is 318 g/mol. The van der Waals surface area contributed by atoms with E-state index in [0.29, 0.717) is 22.7 Å². The first-order chi connectivity index (χ1) is 12.0. The number of benzene rings is 2. The van der Waals surface area contributed by atoms with Gasteiger partial charge in [0.25, 0.3) is 11.8 Å². The fraction of sp³-hybridized carbons (Fsp3) is 0.158. The van der Waals surface area contributed by atoms with Gasteiger partial charge in [0.1, 0.15) is 5.75 Å². The molecule has 0 saturated heterocycles. The molecule has 3 N–H and O–H groups in total. The Morgan fingerprint density at radius 1 is 1.20 bits per heavy atom. The molecule has 0 fully saturated rings. The van der Waals surface area contributed by atoms with Gasteiger partial charge in [-0.3, -0.25) is 9.59 Å². The average Bonchev–Trinajstić information content (AvgIpc) is 2.92. The number of aryl methyl sites for hydroxylation is 1. The van der Waals surface area contributed by atoms with Crippen LogP contribution in [0.25, 0.3) is 10.9 Å². The van der Waals surface area contributed by atoms with Crippen LogP contribution in [0.1, 0.15) is 23.0 Å². The van der Waals surface area contributed by atoms with Crippen molar-refractivity contribution < 1.29 is 14.3 Å². The van der Waals surface area contributed by atoms with Crippen molar-refractivity contribution >= 4 is 34.1 Å². The molecule has 2 amide bonds. The second-order valence-electron chi connectivity index (χ2n) is 6.08. The molecule has 0 saturated carbocycles. The molecule has 6 heteroatoms. The van der Waals surface area contributed by atoms with Crippen LogP contribution in [0.4, 0.5) is 11.4 Å². The van der Waals surface area contributed by atoms with Crippen LogP contribution in [-0.4, -0.2) is 22.9 Å². The summed E-state index contributed by atoms with van der Waals surface area (Å²) >= 11 is 0. The van der Waals surface area contributed by atoms with E-state index in [2.05, 4.69) is 15.6 Å². The van der Waals surface area contributed by atoms with Crippen LogP contribution in [0.2, 0.25) is 0 Å². The number of carbonyl (C=O) groups excluding carboxylic acids is 2. The molecule has 1 aromatic heterocycles. The van der Waals surface area contributed by atoms with Crippen molar-refractivity contribution in [1.29, 1.82) is 0 Å². The van der Waals surface area contributed by atoms with E-state index < -0.39 is 6.10 Å². The number of para-hydroxylation sites is 1. The normalized spacial score (nSPS) is 16.1. The van der Waals surface area contributed by atoms with Gasteiger partial charge >= 0.3 is 0 Å². The summed E-state index contributed by atoms with van der Waals surface area (Å²) in [5.74, 6) is 0.183. The SMILES string of the molecule is Cc1[nH]c2ccccc2c1C(=O)Nc1ccc2c(c1)NC(=O)C(C)O2. The Kier molecular flexibility index (Phi) is 3.46. The van der Waals surface area contributed by atoms with E-state index in [9.17, 15) is 9.59 Å². The minimum Gasteiger partial charge on any atom is -0.479 e. The lowest BCUT2D eigenvalue weighted by molar-refractivity contribution is -0.122. The van der Waals surface area contributed by atoms with Gasteiger partial charge in [-0.05, 0) is 38.1 Å². The maximum Gasteiger partial charge on any atom is 0.265 e. The number of carbonyl (C=O) groups is 2. The standard InChI is InChI=1S/C19H17N3O3/c1-10-17(13-5-3-4-6-14(13)20-10)19(24)21-12-7-8-16-15(9-12)22-18(23)11(2)25-16/h3-9,11,20H,1-2H3,(H,21,24)(H,22,23). The fourth-order valence-corrected chi connectivity index (χ4v) is 3.05. The van der Waals surface area contributed by atoms with Crippen molar-refractivity contribution in [3.8, 4) is 5.75 Å². The minimum atomic E-state index is -0.526. The summed E-state index contributed by atoms with van der Waals surface area (Å²) in [6.45, 7) is 3.56. The molecule has 2 heterocycles. The monoisotopic (exact) mass is 335 g/mol. The molecule has 1 atom stereocenters.